The van der Waals surface area contributed by atoms with Crippen LogP contribution < -0.4 is 5.54 Å². The third-order valence-corrected chi connectivity index (χ3v) is 4.35. The molecule has 1 aliphatic heterocycles. The molecule has 14 heteroatoms. The number of aromatic nitrogens is 2. The van der Waals surface area contributed by atoms with Crippen LogP contribution in [0.25, 0.3) is 0 Å². The Morgan fingerprint density at radius 3 is 2.40 bits per heavy atom. The molecule has 1 aliphatic carbocycles. The molecule has 8 nitrogen and oxygen atoms in total. The van der Waals surface area contributed by atoms with Crippen LogP contribution >= 0.6 is 0 Å². The van der Waals surface area contributed by atoms with E-state index >= 15 is 0 Å². The first-order chi connectivity index (χ1) is 14.1. The van der Waals surface area contributed by atoms with Crippen LogP contribution in [0.1, 0.15) is 42.3 Å². The molecule has 0 spiro atoms. The zero-order valence-corrected chi connectivity index (χ0v) is 15.5. The van der Waals surface area contributed by atoms with Crippen LogP contribution in [0, 0.1) is 6.92 Å². The zero-order valence-electron chi connectivity index (χ0n) is 15.5. The van der Waals surface area contributed by atoms with Crippen LogP contribution in [-0.2, 0) is 23.7 Å². The number of hydrogen-bond donors (Lipinski definition) is 1. The minimum Gasteiger partial charge on any atom is -0.451 e. The summed E-state index contributed by atoms with van der Waals surface area (Å²) in [4.78, 5) is 20.2. The molecule has 30 heavy (non-hydrogen) atoms. The molecule has 0 amide bonds. The van der Waals surface area contributed by atoms with Crippen molar-refractivity contribution < 1.29 is 50.2 Å². The monoisotopic (exact) mass is 445 g/mol. The maximum Gasteiger partial charge on any atom is 0.411 e. The minimum atomic E-state index is -4.86. The van der Waals surface area contributed by atoms with E-state index in [4.69, 9.17) is 14.2 Å². The molecular weight excluding hydrogens is 428 g/mol. The third-order valence-electron chi connectivity index (χ3n) is 4.35. The van der Waals surface area contributed by atoms with E-state index < -0.39 is 54.7 Å². The molecule has 1 aromatic heterocycles. The van der Waals surface area contributed by atoms with Crippen LogP contribution in [0.4, 0.5) is 32.3 Å². The van der Waals surface area contributed by atoms with Crippen molar-refractivity contribution in [1.29, 1.82) is 0 Å². The third kappa shape index (κ3) is 4.92. The van der Waals surface area contributed by atoms with Crippen molar-refractivity contribution >= 4 is 11.8 Å². The molecule has 0 aromatic carbocycles. The Balaban J connectivity index is 2.01. The predicted octanol–water partition coefficient (Wildman–Crippen LogP) is 3.09. The van der Waals surface area contributed by atoms with Crippen LogP contribution in [0.5, 0.6) is 0 Å². The molecule has 1 saturated heterocycles. The zero-order chi connectivity index (χ0) is 22.1. The first-order valence-corrected chi connectivity index (χ1v) is 8.74. The first-order valence-electron chi connectivity index (χ1n) is 8.74. The largest absolute Gasteiger partial charge is 0.451 e. The average Bonchev–Trinajstić information content (AvgIpc) is 3.24. The summed E-state index contributed by atoms with van der Waals surface area (Å²) >= 11 is 0. The fourth-order valence-electron chi connectivity index (χ4n) is 2.81. The standard InChI is InChI=1S/C16H17F6N3O5/c1-7-23-9(8(11(24-7)25-22)13-27-4-5-28-13)10(29-6-16(19,20)21)12(26)30-15(2-3-15)14(17)18/h10,13-14H,2-6H2,1H3,(H,23,24,25). The highest BCUT2D eigenvalue weighted by atomic mass is 19.4. The van der Waals surface area contributed by atoms with Gasteiger partial charge >= 0.3 is 12.1 Å². The van der Waals surface area contributed by atoms with Gasteiger partial charge in [-0.05, 0) is 19.8 Å². The SMILES string of the molecule is Cc1nc(NF)c(C2OCCO2)c(C(OCC(F)(F)F)C(=O)OC2(C(F)F)CC2)n1. The lowest BCUT2D eigenvalue weighted by molar-refractivity contribution is -0.203. The van der Waals surface area contributed by atoms with Crippen LogP contribution in [0.2, 0.25) is 0 Å². The number of anilines is 1. The van der Waals surface area contributed by atoms with Gasteiger partial charge in [-0.15, -0.1) is 4.48 Å². The van der Waals surface area contributed by atoms with Crippen molar-refractivity contribution in [3.63, 3.8) is 0 Å². The summed E-state index contributed by atoms with van der Waals surface area (Å²) in [7, 11) is 0. The smallest absolute Gasteiger partial charge is 0.411 e. The van der Waals surface area contributed by atoms with E-state index in [-0.39, 0.29) is 37.4 Å². The Morgan fingerprint density at radius 2 is 1.90 bits per heavy atom. The van der Waals surface area contributed by atoms with Gasteiger partial charge in [-0.3, -0.25) is 0 Å². The van der Waals surface area contributed by atoms with Crippen molar-refractivity contribution in [2.75, 3.05) is 25.4 Å². The molecule has 2 heterocycles. The molecule has 1 saturated carbocycles. The molecule has 2 fully saturated rings. The number of aryl methyl sites for hydroxylation is 1. The molecule has 2 aliphatic rings. The number of nitrogens with one attached hydrogen (secondary N) is 1. The highest BCUT2D eigenvalue weighted by Gasteiger charge is 2.56. The van der Waals surface area contributed by atoms with Crippen LogP contribution in [-0.4, -0.2) is 54.0 Å². The fraction of sp³-hybridized carbons (Fsp3) is 0.688. The minimum absolute atomic E-state index is 0.0662. The van der Waals surface area contributed by atoms with Crippen LogP contribution in [0.3, 0.4) is 0 Å². The number of carbonyl (C=O) groups is 1. The van der Waals surface area contributed by atoms with Gasteiger partial charge in [0.05, 0.1) is 24.5 Å². The lowest BCUT2D eigenvalue weighted by Gasteiger charge is -2.25. The van der Waals surface area contributed by atoms with Crippen molar-refractivity contribution in [2.24, 2.45) is 0 Å². The maximum atomic E-state index is 13.3. The van der Waals surface area contributed by atoms with E-state index in [1.54, 1.807) is 0 Å². The van der Waals surface area contributed by atoms with E-state index in [9.17, 15) is 31.2 Å². The average molecular weight is 445 g/mol. The normalized spacial score (nSPS) is 19.7. The van der Waals surface area contributed by atoms with Gasteiger partial charge in [0.25, 0.3) is 6.43 Å². The molecular formula is C16H17F6N3O5. The van der Waals surface area contributed by atoms with Crippen molar-refractivity contribution in [2.45, 2.75) is 50.4 Å². The Morgan fingerprint density at radius 1 is 1.27 bits per heavy atom. The summed E-state index contributed by atoms with van der Waals surface area (Å²) < 4.78 is 97.8. The summed E-state index contributed by atoms with van der Waals surface area (Å²) in [5.41, 5.74) is -1.75. The summed E-state index contributed by atoms with van der Waals surface area (Å²) in [6.45, 7) is -0.507. The number of ether oxygens (including phenoxy) is 4. The van der Waals surface area contributed by atoms with Gasteiger partial charge in [-0.1, -0.05) is 0 Å². The van der Waals surface area contributed by atoms with Gasteiger partial charge in [0, 0.05) is 0 Å². The summed E-state index contributed by atoms with van der Waals surface area (Å²) in [6.07, 6.45) is -11.8. The summed E-state index contributed by atoms with van der Waals surface area (Å²) in [5.74, 6) is -2.21. The molecule has 1 unspecified atom stereocenters. The second kappa shape index (κ2) is 8.51. The molecule has 3 rings (SSSR count). The van der Waals surface area contributed by atoms with Gasteiger partial charge in [-0.25, -0.2) is 29.1 Å². The Labute approximate surface area is 165 Å². The number of halogens is 6. The van der Waals surface area contributed by atoms with Gasteiger partial charge < -0.3 is 18.9 Å². The number of rotatable bonds is 8. The highest BCUT2D eigenvalue weighted by Crippen LogP contribution is 2.46. The molecule has 0 bridgehead atoms. The Hall–Kier alpha value is -2.19. The van der Waals surface area contributed by atoms with Crippen molar-refractivity contribution in [1.82, 2.24) is 9.97 Å². The molecule has 1 atom stereocenters. The number of nitrogens with zero attached hydrogens (tertiary/aromatic N) is 2. The molecule has 1 N–H and O–H groups in total. The predicted molar refractivity (Wildman–Crippen MR) is 85.0 cm³/mol. The van der Waals surface area contributed by atoms with E-state index in [1.807, 2.05) is 0 Å². The summed E-state index contributed by atoms with van der Waals surface area (Å²) in [6, 6.07) is 0. The maximum absolute atomic E-state index is 13.3. The van der Waals surface area contributed by atoms with Crippen molar-refractivity contribution in [3.8, 4) is 0 Å². The Bertz CT molecular complexity index is 783. The van der Waals surface area contributed by atoms with Gasteiger partial charge in [0.1, 0.15) is 12.4 Å². The second-order valence-electron chi connectivity index (χ2n) is 6.68. The van der Waals surface area contributed by atoms with Gasteiger partial charge in [-0.2, -0.15) is 13.2 Å². The van der Waals surface area contributed by atoms with E-state index in [0.717, 1.165) is 0 Å². The van der Waals surface area contributed by atoms with Crippen LogP contribution in [0.15, 0.2) is 0 Å². The fourth-order valence-corrected chi connectivity index (χ4v) is 2.81. The number of alkyl halides is 5. The van der Waals surface area contributed by atoms with E-state index in [1.165, 1.54) is 12.5 Å². The van der Waals surface area contributed by atoms with Gasteiger partial charge in [0.15, 0.2) is 23.8 Å². The van der Waals surface area contributed by atoms with Gasteiger partial charge in [0.2, 0.25) is 0 Å². The topological polar surface area (TPSA) is 91.8 Å². The molecule has 168 valence electrons. The quantitative estimate of drug-likeness (QED) is 0.371. The summed E-state index contributed by atoms with van der Waals surface area (Å²) in [5, 5.41) is 0. The van der Waals surface area contributed by atoms with E-state index in [0.29, 0.717) is 0 Å². The number of carbonyl (C=O) groups excluding carboxylic acids is 1. The number of esters is 1. The Kier molecular flexibility index (Phi) is 6.38. The van der Waals surface area contributed by atoms with Crippen molar-refractivity contribution in [3.05, 3.63) is 17.1 Å². The highest BCUT2D eigenvalue weighted by molar-refractivity contribution is 5.78. The lowest BCUT2D eigenvalue weighted by Crippen LogP contribution is -2.34. The van der Waals surface area contributed by atoms with E-state index in [2.05, 4.69) is 14.7 Å². The first kappa shape index (κ1) is 22.5. The lowest BCUT2D eigenvalue weighted by atomic mass is 10.1. The second-order valence-corrected chi connectivity index (χ2v) is 6.68. The molecule has 1 aromatic rings. The molecule has 0 radical (unpaired) electrons. The number of hydrogen-bond acceptors (Lipinski definition) is 8.